The molecule has 0 aliphatic carbocycles. The molecular formula is C13H13FN2O4S. The summed E-state index contributed by atoms with van der Waals surface area (Å²) >= 11 is 0. The van der Waals surface area contributed by atoms with Crippen LogP contribution in [0.25, 0.3) is 0 Å². The van der Waals surface area contributed by atoms with Gasteiger partial charge in [-0.1, -0.05) is 11.8 Å². The van der Waals surface area contributed by atoms with Gasteiger partial charge in [-0.2, -0.15) is 0 Å². The molecule has 2 rings (SSSR count). The zero-order valence-corrected chi connectivity index (χ0v) is 11.7. The molecule has 1 aliphatic heterocycles. The zero-order valence-electron chi connectivity index (χ0n) is 10.9. The summed E-state index contributed by atoms with van der Waals surface area (Å²) in [5.41, 5.74) is 0.262. The first-order valence-electron chi connectivity index (χ1n) is 6.10. The Morgan fingerprint density at radius 2 is 2.24 bits per heavy atom. The van der Waals surface area contributed by atoms with Crippen LogP contribution in [0.4, 0.5) is 4.39 Å². The van der Waals surface area contributed by atoms with Crippen molar-refractivity contribution >= 4 is 15.9 Å². The lowest BCUT2D eigenvalue weighted by molar-refractivity contribution is -0.119. The Bertz CT molecular complexity index is 721. The van der Waals surface area contributed by atoms with Crippen molar-refractivity contribution in [2.24, 2.45) is 0 Å². The van der Waals surface area contributed by atoms with Crippen LogP contribution in [-0.2, 0) is 14.8 Å². The van der Waals surface area contributed by atoms with Gasteiger partial charge in [-0.25, -0.2) is 17.5 Å². The molecule has 21 heavy (non-hydrogen) atoms. The van der Waals surface area contributed by atoms with Gasteiger partial charge >= 0.3 is 0 Å². The van der Waals surface area contributed by atoms with E-state index in [0.717, 1.165) is 12.1 Å². The molecule has 6 nitrogen and oxygen atoms in total. The molecular weight excluding hydrogens is 299 g/mol. The minimum absolute atomic E-state index is 0.0287. The molecule has 1 aromatic carbocycles. The molecule has 112 valence electrons. The molecule has 1 aromatic rings. The number of benzene rings is 1. The van der Waals surface area contributed by atoms with E-state index in [0.29, 0.717) is 0 Å². The Morgan fingerprint density at radius 1 is 1.48 bits per heavy atom. The minimum Gasteiger partial charge on any atom is -0.384 e. The van der Waals surface area contributed by atoms with Gasteiger partial charge in [0.2, 0.25) is 15.9 Å². The summed E-state index contributed by atoms with van der Waals surface area (Å²) in [6, 6.07) is 2.84. The van der Waals surface area contributed by atoms with Crippen molar-refractivity contribution in [1.29, 1.82) is 0 Å². The number of aliphatic hydroxyl groups is 1. The number of rotatable bonds is 3. The van der Waals surface area contributed by atoms with Crippen LogP contribution < -0.4 is 10.0 Å². The number of amides is 1. The lowest BCUT2D eigenvalue weighted by atomic mass is 10.2. The molecule has 1 unspecified atom stereocenters. The Hall–Kier alpha value is -1.95. The van der Waals surface area contributed by atoms with Gasteiger partial charge in [0.15, 0.2) is 0 Å². The van der Waals surface area contributed by atoms with Gasteiger partial charge in [0.1, 0.15) is 17.3 Å². The first-order chi connectivity index (χ1) is 9.92. The second kappa shape index (κ2) is 6.22. The number of carbonyl (C=O) groups is 1. The van der Waals surface area contributed by atoms with Crippen LogP contribution in [0.15, 0.2) is 23.1 Å². The van der Waals surface area contributed by atoms with Gasteiger partial charge in [0.05, 0.1) is 0 Å². The Kier molecular flexibility index (Phi) is 4.57. The van der Waals surface area contributed by atoms with Crippen molar-refractivity contribution in [2.75, 3.05) is 13.2 Å². The summed E-state index contributed by atoms with van der Waals surface area (Å²) in [6.45, 7) is -0.189. The van der Waals surface area contributed by atoms with E-state index in [4.69, 9.17) is 5.11 Å². The molecule has 0 saturated carbocycles. The van der Waals surface area contributed by atoms with E-state index in [2.05, 4.69) is 21.9 Å². The first-order valence-corrected chi connectivity index (χ1v) is 7.59. The zero-order chi connectivity index (χ0) is 15.5. The summed E-state index contributed by atoms with van der Waals surface area (Å²) in [7, 11) is -4.05. The van der Waals surface area contributed by atoms with Crippen LogP contribution in [0.1, 0.15) is 12.0 Å². The van der Waals surface area contributed by atoms with Gasteiger partial charge in [-0.15, -0.1) is 0 Å². The molecule has 3 N–H and O–H groups in total. The van der Waals surface area contributed by atoms with Crippen LogP contribution in [0, 0.1) is 17.7 Å². The molecule has 1 heterocycles. The van der Waals surface area contributed by atoms with Gasteiger partial charge in [-0.05, 0) is 18.2 Å². The second-order valence-electron chi connectivity index (χ2n) is 4.43. The van der Waals surface area contributed by atoms with Crippen molar-refractivity contribution in [1.82, 2.24) is 10.0 Å². The smallest absolute Gasteiger partial charge is 0.243 e. The number of nitrogens with one attached hydrogen (secondary N) is 2. The van der Waals surface area contributed by atoms with E-state index >= 15 is 0 Å². The number of sulfonamides is 1. The van der Waals surface area contributed by atoms with E-state index in [9.17, 15) is 17.6 Å². The summed E-state index contributed by atoms with van der Waals surface area (Å²) in [4.78, 5) is 10.5. The molecule has 0 bridgehead atoms. The summed E-state index contributed by atoms with van der Waals surface area (Å²) < 4.78 is 40.3. The third kappa shape index (κ3) is 3.78. The van der Waals surface area contributed by atoms with E-state index in [1.54, 1.807) is 0 Å². The molecule has 1 saturated heterocycles. The normalized spacial score (nSPS) is 18.0. The van der Waals surface area contributed by atoms with E-state index in [-0.39, 0.29) is 31.0 Å². The SMILES string of the molecule is O=C1CC(NS(=O)(=O)c2ccc(C#CCO)cc2F)CN1. The number of halogens is 1. The number of hydrogen-bond donors (Lipinski definition) is 3. The largest absolute Gasteiger partial charge is 0.384 e. The van der Waals surface area contributed by atoms with Gasteiger partial charge in [0.25, 0.3) is 0 Å². The summed E-state index contributed by atoms with van der Waals surface area (Å²) in [5, 5.41) is 11.0. The lowest BCUT2D eigenvalue weighted by Gasteiger charge is -2.11. The average molecular weight is 312 g/mol. The van der Waals surface area contributed by atoms with Gasteiger partial charge < -0.3 is 10.4 Å². The fraction of sp³-hybridized carbons (Fsp3) is 0.308. The quantitative estimate of drug-likeness (QED) is 0.646. The van der Waals surface area contributed by atoms with Crippen molar-refractivity contribution in [3.63, 3.8) is 0 Å². The van der Waals surface area contributed by atoms with Crippen LogP contribution in [0.5, 0.6) is 0 Å². The maximum Gasteiger partial charge on any atom is 0.243 e. The van der Waals surface area contributed by atoms with Crippen LogP contribution in [0.2, 0.25) is 0 Å². The van der Waals surface area contributed by atoms with E-state index < -0.39 is 26.8 Å². The maximum absolute atomic E-state index is 13.9. The molecule has 1 aliphatic rings. The topological polar surface area (TPSA) is 95.5 Å². The third-order valence-corrected chi connectivity index (χ3v) is 4.39. The van der Waals surface area contributed by atoms with Crippen LogP contribution >= 0.6 is 0 Å². The predicted molar refractivity (Wildman–Crippen MR) is 72.1 cm³/mol. The number of aliphatic hydroxyl groups excluding tert-OH is 1. The highest BCUT2D eigenvalue weighted by Crippen LogP contribution is 2.17. The standard InChI is InChI=1S/C13H13FN2O4S/c14-11-6-9(2-1-5-17)3-4-12(11)21(19,20)16-10-7-13(18)15-8-10/h3-4,6,10,16-17H,5,7-8H2,(H,15,18). The van der Waals surface area contributed by atoms with Crippen LogP contribution in [0.3, 0.4) is 0 Å². The fourth-order valence-corrected chi connectivity index (χ4v) is 3.20. The monoisotopic (exact) mass is 312 g/mol. The van der Waals surface area contributed by atoms with E-state index in [1.807, 2.05) is 0 Å². The second-order valence-corrected chi connectivity index (χ2v) is 6.11. The highest BCUT2D eigenvalue weighted by molar-refractivity contribution is 7.89. The molecule has 0 spiro atoms. The predicted octanol–water partition coefficient (Wildman–Crippen LogP) is -0.664. The molecule has 1 amide bonds. The van der Waals surface area contributed by atoms with Crippen LogP contribution in [-0.4, -0.2) is 38.6 Å². The Morgan fingerprint density at radius 3 is 2.81 bits per heavy atom. The summed E-state index contributed by atoms with van der Waals surface area (Å²) in [5.74, 6) is 3.63. The Labute approximate surface area is 121 Å². The third-order valence-electron chi connectivity index (χ3n) is 2.83. The lowest BCUT2D eigenvalue weighted by Crippen LogP contribution is -2.36. The van der Waals surface area contributed by atoms with Crippen molar-refractivity contribution in [3.05, 3.63) is 29.6 Å². The first kappa shape index (κ1) is 15.4. The highest BCUT2D eigenvalue weighted by Gasteiger charge is 2.28. The van der Waals surface area contributed by atoms with Gasteiger partial charge in [-0.3, -0.25) is 4.79 Å². The van der Waals surface area contributed by atoms with Crippen molar-refractivity contribution in [2.45, 2.75) is 17.4 Å². The van der Waals surface area contributed by atoms with Crippen molar-refractivity contribution in [3.8, 4) is 11.8 Å². The fourth-order valence-electron chi connectivity index (χ4n) is 1.91. The van der Waals surface area contributed by atoms with Crippen molar-refractivity contribution < 1.29 is 22.7 Å². The maximum atomic E-state index is 13.9. The highest BCUT2D eigenvalue weighted by atomic mass is 32.2. The minimum atomic E-state index is -4.05. The van der Waals surface area contributed by atoms with E-state index in [1.165, 1.54) is 6.07 Å². The molecule has 0 radical (unpaired) electrons. The summed E-state index contributed by atoms with van der Waals surface area (Å²) in [6.07, 6.45) is 0.0287. The molecule has 1 atom stereocenters. The molecule has 8 heteroatoms. The number of hydrogen-bond acceptors (Lipinski definition) is 4. The molecule has 1 fully saturated rings. The number of carbonyl (C=O) groups excluding carboxylic acids is 1. The average Bonchev–Trinajstić information content (AvgIpc) is 2.80. The van der Waals surface area contributed by atoms with Gasteiger partial charge in [0, 0.05) is 24.6 Å². The Balaban J connectivity index is 2.22. The molecule has 0 aromatic heterocycles.